The van der Waals surface area contributed by atoms with Gasteiger partial charge in [-0.25, -0.2) is 0 Å². The summed E-state index contributed by atoms with van der Waals surface area (Å²) >= 11 is 0. The zero-order valence-corrected chi connectivity index (χ0v) is 8.34. The Morgan fingerprint density at radius 2 is 2.00 bits per heavy atom. The van der Waals surface area contributed by atoms with Crippen molar-refractivity contribution in [1.82, 2.24) is 5.32 Å². The molecule has 2 heteroatoms. The molecule has 0 saturated heterocycles. The number of aliphatic hydroxyl groups excluding tert-OH is 1. The number of rotatable bonds is 5. The molecule has 2 nitrogen and oxygen atoms in total. The average molecular weight is 183 g/mol. The van der Waals surface area contributed by atoms with Crippen LogP contribution in [0.2, 0.25) is 0 Å². The minimum absolute atomic E-state index is 0.362. The van der Waals surface area contributed by atoms with E-state index in [9.17, 15) is 5.11 Å². The van der Waals surface area contributed by atoms with Crippen LogP contribution in [-0.4, -0.2) is 24.8 Å². The monoisotopic (exact) mass is 183 g/mol. The maximum atomic E-state index is 9.17. The summed E-state index contributed by atoms with van der Waals surface area (Å²) in [5.74, 6) is 1.21. The predicted molar refractivity (Wildman–Crippen MR) is 55.6 cm³/mol. The van der Waals surface area contributed by atoms with Gasteiger partial charge in [0.15, 0.2) is 0 Å². The van der Waals surface area contributed by atoms with Crippen LogP contribution >= 0.6 is 0 Å². The third-order valence-electron chi connectivity index (χ3n) is 3.00. The van der Waals surface area contributed by atoms with E-state index in [2.05, 4.69) is 11.9 Å². The van der Waals surface area contributed by atoms with E-state index < -0.39 is 0 Å². The van der Waals surface area contributed by atoms with Gasteiger partial charge in [0.1, 0.15) is 0 Å². The summed E-state index contributed by atoms with van der Waals surface area (Å²) in [5.41, 5.74) is 0. The van der Waals surface area contributed by atoms with Gasteiger partial charge in [-0.15, -0.1) is 6.58 Å². The van der Waals surface area contributed by atoms with E-state index in [1.165, 1.54) is 25.7 Å². The molecule has 13 heavy (non-hydrogen) atoms. The smallest absolute Gasteiger partial charge is 0.0462 e. The van der Waals surface area contributed by atoms with Crippen LogP contribution in [0.1, 0.15) is 25.7 Å². The van der Waals surface area contributed by atoms with Gasteiger partial charge >= 0.3 is 0 Å². The summed E-state index contributed by atoms with van der Waals surface area (Å²) in [7, 11) is 0. The van der Waals surface area contributed by atoms with E-state index in [1.807, 2.05) is 6.08 Å². The molecule has 1 aliphatic carbocycles. The van der Waals surface area contributed by atoms with Crippen molar-refractivity contribution in [3.05, 3.63) is 12.7 Å². The van der Waals surface area contributed by atoms with Crippen molar-refractivity contribution in [2.24, 2.45) is 11.8 Å². The highest BCUT2D eigenvalue weighted by Crippen LogP contribution is 2.28. The Bertz CT molecular complexity index is 147. The lowest BCUT2D eigenvalue weighted by atomic mass is 9.79. The minimum Gasteiger partial charge on any atom is -0.396 e. The van der Waals surface area contributed by atoms with Crippen LogP contribution in [0.3, 0.4) is 0 Å². The van der Waals surface area contributed by atoms with Crippen LogP contribution in [0.25, 0.3) is 0 Å². The molecule has 1 fully saturated rings. The Morgan fingerprint density at radius 1 is 1.31 bits per heavy atom. The Balaban J connectivity index is 2.23. The van der Waals surface area contributed by atoms with Crippen LogP contribution in [0.15, 0.2) is 12.7 Å². The zero-order valence-electron chi connectivity index (χ0n) is 8.34. The first kappa shape index (κ1) is 10.7. The molecule has 2 unspecified atom stereocenters. The Morgan fingerprint density at radius 3 is 2.62 bits per heavy atom. The van der Waals surface area contributed by atoms with Gasteiger partial charge in [-0.1, -0.05) is 18.9 Å². The number of hydrogen-bond donors (Lipinski definition) is 2. The van der Waals surface area contributed by atoms with Crippen molar-refractivity contribution in [2.45, 2.75) is 25.7 Å². The Labute approximate surface area is 81.0 Å². The lowest BCUT2D eigenvalue weighted by Crippen LogP contribution is -2.32. The first-order valence-corrected chi connectivity index (χ1v) is 5.31. The lowest BCUT2D eigenvalue weighted by molar-refractivity contribution is 0.134. The predicted octanol–water partition coefficient (Wildman–Crippen LogP) is 1.56. The molecule has 2 N–H and O–H groups in total. The fraction of sp³-hybridized carbons (Fsp3) is 0.818. The third-order valence-corrected chi connectivity index (χ3v) is 3.00. The number of nitrogens with one attached hydrogen (secondary N) is 1. The number of aliphatic hydroxyl groups is 1. The first-order valence-electron chi connectivity index (χ1n) is 5.31. The molecule has 0 radical (unpaired) electrons. The number of hydrogen-bond acceptors (Lipinski definition) is 2. The van der Waals surface area contributed by atoms with Gasteiger partial charge < -0.3 is 10.4 Å². The van der Waals surface area contributed by atoms with Crippen LogP contribution < -0.4 is 5.32 Å². The molecule has 1 rings (SSSR count). The Hall–Kier alpha value is -0.340. The summed E-state index contributed by atoms with van der Waals surface area (Å²) in [6.07, 6.45) is 6.99. The molecule has 0 aromatic rings. The maximum absolute atomic E-state index is 9.17. The van der Waals surface area contributed by atoms with Crippen LogP contribution in [0, 0.1) is 11.8 Å². The van der Waals surface area contributed by atoms with E-state index in [-0.39, 0.29) is 0 Å². The quantitative estimate of drug-likeness (QED) is 0.501. The van der Waals surface area contributed by atoms with Gasteiger partial charge in [-0.3, -0.25) is 0 Å². The summed E-state index contributed by atoms with van der Waals surface area (Å²) < 4.78 is 0. The summed E-state index contributed by atoms with van der Waals surface area (Å²) in [5, 5.41) is 12.5. The highest BCUT2D eigenvalue weighted by atomic mass is 16.3. The fourth-order valence-corrected chi connectivity index (χ4v) is 2.16. The standard InChI is InChI=1S/C11H21NO/c1-2-7-12-8-10-5-3-4-6-11(10)9-13/h2,10-13H,1,3-9H2. The van der Waals surface area contributed by atoms with Crippen molar-refractivity contribution >= 4 is 0 Å². The minimum atomic E-state index is 0.362. The van der Waals surface area contributed by atoms with E-state index in [4.69, 9.17) is 0 Å². The average Bonchev–Trinajstić information content (AvgIpc) is 2.19. The summed E-state index contributed by atoms with van der Waals surface area (Å²) in [4.78, 5) is 0. The van der Waals surface area contributed by atoms with Gasteiger partial charge in [0.2, 0.25) is 0 Å². The van der Waals surface area contributed by atoms with Crippen LogP contribution in [0.5, 0.6) is 0 Å². The van der Waals surface area contributed by atoms with Crippen molar-refractivity contribution in [2.75, 3.05) is 19.7 Å². The molecule has 76 valence electrons. The molecule has 0 bridgehead atoms. The van der Waals surface area contributed by atoms with E-state index in [0.29, 0.717) is 18.4 Å². The van der Waals surface area contributed by atoms with Crippen molar-refractivity contribution in [3.8, 4) is 0 Å². The van der Waals surface area contributed by atoms with Crippen LogP contribution in [0.4, 0.5) is 0 Å². The summed E-state index contributed by atoms with van der Waals surface area (Å²) in [6, 6.07) is 0. The lowest BCUT2D eigenvalue weighted by Gasteiger charge is -2.30. The highest BCUT2D eigenvalue weighted by molar-refractivity contribution is 4.78. The summed E-state index contributed by atoms with van der Waals surface area (Å²) in [6.45, 7) is 5.95. The van der Waals surface area contributed by atoms with Crippen molar-refractivity contribution < 1.29 is 5.11 Å². The first-order chi connectivity index (χ1) is 6.38. The van der Waals surface area contributed by atoms with E-state index in [0.717, 1.165) is 13.1 Å². The molecule has 0 heterocycles. The molecule has 0 amide bonds. The van der Waals surface area contributed by atoms with Gasteiger partial charge in [-0.2, -0.15) is 0 Å². The second kappa shape index (κ2) is 6.17. The molecular weight excluding hydrogens is 162 g/mol. The fourth-order valence-electron chi connectivity index (χ4n) is 2.16. The van der Waals surface area contributed by atoms with Gasteiger partial charge in [-0.05, 0) is 31.2 Å². The van der Waals surface area contributed by atoms with Gasteiger partial charge in [0, 0.05) is 13.2 Å². The maximum Gasteiger partial charge on any atom is 0.0462 e. The molecule has 1 aliphatic rings. The molecule has 1 saturated carbocycles. The molecule has 2 atom stereocenters. The second-order valence-corrected chi connectivity index (χ2v) is 3.93. The highest BCUT2D eigenvalue weighted by Gasteiger charge is 2.23. The zero-order chi connectivity index (χ0) is 9.52. The van der Waals surface area contributed by atoms with Crippen molar-refractivity contribution in [1.29, 1.82) is 0 Å². The molecule has 0 spiro atoms. The molecule has 0 aromatic heterocycles. The molecular formula is C11H21NO. The van der Waals surface area contributed by atoms with E-state index >= 15 is 0 Å². The Kier molecular flexibility index (Phi) is 5.09. The molecule has 0 aromatic carbocycles. The topological polar surface area (TPSA) is 32.3 Å². The third kappa shape index (κ3) is 3.49. The normalized spacial score (nSPS) is 28.7. The molecule has 0 aliphatic heterocycles. The van der Waals surface area contributed by atoms with Crippen molar-refractivity contribution in [3.63, 3.8) is 0 Å². The van der Waals surface area contributed by atoms with E-state index in [1.54, 1.807) is 0 Å². The van der Waals surface area contributed by atoms with Gasteiger partial charge in [0.05, 0.1) is 0 Å². The largest absolute Gasteiger partial charge is 0.396 e. The second-order valence-electron chi connectivity index (χ2n) is 3.93. The SMILES string of the molecule is C=CCNCC1CCCCC1CO. The van der Waals surface area contributed by atoms with Crippen LogP contribution in [-0.2, 0) is 0 Å². The van der Waals surface area contributed by atoms with Gasteiger partial charge in [0.25, 0.3) is 0 Å².